The maximum absolute atomic E-state index is 12.6. The Morgan fingerprint density at radius 3 is 2.67 bits per heavy atom. The van der Waals surface area contributed by atoms with Gasteiger partial charge in [0.25, 0.3) is 5.91 Å². The molecule has 0 atom stereocenters. The van der Waals surface area contributed by atoms with Crippen molar-refractivity contribution >= 4 is 5.91 Å². The maximum Gasteiger partial charge on any atom is 0.433 e. The second-order valence-corrected chi connectivity index (χ2v) is 4.33. The van der Waals surface area contributed by atoms with Gasteiger partial charge in [-0.2, -0.15) is 18.3 Å². The van der Waals surface area contributed by atoms with Crippen LogP contribution < -0.4 is 5.32 Å². The molecule has 1 amide bonds. The van der Waals surface area contributed by atoms with Crippen LogP contribution in [0.4, 0.5) is 13.2 Å². The van der Waals surface area contributed by atoms with Crippen LogP contribution in [0, 0.1) is 6.92 Å². The molecule has 112 valence electrons. The Morgan fingerprint density at radius 1 is 1.38 bits per heavy atom. The molecule has 6 nitrogen and oxygen atoms in total. The van der Waals surface area contributed by atoms with E-state index < -0.39 is 17.8 Å². The highest BCUT2D eigenvalue weighted by atomic mass is 19.4. The fraction of sp³-hybridized carbons (Fsp3) is 0.333. The topological polar surface area (TPSA) is 72.7 Å². The zero-order valence-corrected chi connectivity index (χ0v) is 11.3. The summed E-state index contributed by atoms with van der Waals surface area (Å²) in [6.07, 6.45) is -3.10. The number of carbonyl (C=O) groups excluding carboxylic acids is 1. The van der Waals surface area contributed by atoms with Crippen molar-refractivity contribution in [3.05, 3.63) is 41.2 Å². The van der Waals surface area contributed by atoms with Gasteiger partial charge in [0.05, 0.1) is 6.54 Å². The average molecular weight is 299 g/mol. The van der Waals surface area contributed by atoms with Gasteiger partial charge in [-0.3, -0.25) is 9.48 Å². The monoisotopic (exact) mass is 299 g/mol. The van der Waals surface area contributed by atoms with Gasteiger partial charge in [0.1, 0.15) is 17.2 Å². The standard InChI is InChI=1S/C12H12F3N5O/c1-7-5-9(12(13,14)15)19-10(18-7)6-16-11(21)8-3-4-17-20(8)2/h3-5H,6H2,1-2H3,(H,16,21). The first-order valence-electron chi connectivity index (χ1n) is 5.95. The molecule has 2 rings (SSSR count). The number of hydrogen-bond acceptors (Lipinski definition) is 4. The molecule has 0 fully saturated rings. The van der Waals surface area contributed by atoms with Crippen LogP contribution in [-0.2, 0) is 19.8 Å². The van der Waals surface area contributed by atoms with Crippen LogP contribution in [0.15, 0.2) is 18.3 Å². The Kier molecular flexibility index (Phi) is 3.92. The SMILES string of the molecule is Cc1cc(C(F)(F)F)nc(CNC(=O)c2ccnn2C)n1. The molecule has 2 aromatic rings. The maximum atomic E-state index is 12.6. The van der Waals surface area contributed by atoms with Crippen molar-refractivity contribution in [2.75, 3.05) is 0 Å². The molecule has 0 saturated carbocycles. The van der Waals surface area contributed by atoms with E-state index >= 15 is 0 Å². The molecule has 21 heavy (non-hydrogen) atoms. The van der Waals surface area contributed by atoms with Crippen molar-refractivity contribution in [3.8, 4) is 0 Å². The summed E-state index contributed by atoms with van der Waals surface area (Å²) in [7, 11) is 1.58. The fourth-order valence-corrected chi connectivity index (χ4v) is 1.70. The summed E-state index contributed by atoms with van der Waals surface area (Å²) in [4.78, 5) is 19.1. The first-order chi connectivity index (χ1) is 9.77. The lowest BCUT2D eigenvalue weighted by Gasteiger charge is -2.09. The van der Waals surface area contributed by atoms with Crippen molar-refractivity contribution in [1.82, 2.24) is 25.1 Å². The number of aromatic nitrogens is 4. The number of halogens is 3. The molecule has 0 saturated heterocycles. The highest BCUT2D eigenvalue weighted by molar-refractivity contribution is 5.92. The Balaban J connectivity index is 2.12. The summed E-state index contributed by atoms with van der Waals surface area (Å²) in [6.45, 7) is 1.23. The van der Waals surface area contributed by atoms with E-state index in [2.05, 4.69) is 20.4 Å². The first-order valence-corrected chi connectivity index (χ1v) is 5.95. The summed E-state index contributed by atoms with van der Waals surface area (Å²) in [5, 5.41) is 6.28. The van der Waals surface area contributed by atoms with Crippen molar-refractivity contribution < 1.29 is 18.0 Å². The van der Waals surface area contributed by atoms with Crippen LogP contribution in [0.1, 0.15) is 27.7 Å². The molecule has 0 spiro atoms. The molecule has 0 radical (unpaired) electrons. The average Bonchev–Trinajstić information content (AvgIpc) is 2.80. The van der Waals surface area contributed by atoms with Gasteiger partial charge in [-0.25, -0.2) is 9.97 Å². The molecule has 2 heterocycles. The smallest absolute Gasteiger partial charge is 0.343 e. The second-order valence-electron chi connectivity index (χ2n) is 4.33. The predicted octanol–water partition coefficient (Wildman–Crippen LogP) is 1.47. The number of rotatable bonds is 3. The number of hydrogen-bond donors (Lipinski definition) is 1. The number of amides is 1. The van der Waals surface area contributed by atoms with Crippen LogP contribution in [0.3, 0.4) is 0 Å². The molecule has 0 aliphatic carbocycles. The van der Waals surface area contributed by atoms with E-state index in [4.69, 9.17) is 0 Å². The summed E-state index contributed by atoms with van der Waals surface area (Å²) in [5.41, 5.74) is -0.555. The number of carbonyl (C=O) groups is 1. The third-order valence-electron chi connectivity index (χ3n) is 2.65. The summed E-state index contributed by atoms with van der Waals surface area (Å²) >= 11 is 0. The molecule has 0 aliphatic heterocycles. The fourth-order valence-electron chi connectivity index (χ4n) is 1.70. The van der Waals surface area contributed by atoms with Crippen LogP contribution in [-0.4, -0.2) is 25.7 Å². The molecular weight excluding hydrogens is 287 g/mol. The lowest BCUT2D eigenvalue weighted by Crippen LogP contribution is -2.26. The zero-order valence-electron chi connectivity index (χ0n) is 11.3. The van der Waals surface area contributed by atoms with E-state index in [1.165, 1.54) is 23.9 Å². The number of alkyl halides is 3. The normalized spacial score (nSPS) is 11.5. The molecular formula is C12H12F3N5O. The lowest BCUT2D eigenvalue weighted by molar-refractivity contribution is -0.141. The Labute approximate surface area is 118 Å². The summed E-state index contributed by atoms with van der Waals surface area (Å²) < 4.78 is 39.3. The van der Waals surface area contributed by atoms with E-state index in [-0.39, 0.29) is 18.1 Å². The van der Waals surface area contributed by atoms with Gasteiger partial charge < -0.3 is 5.32 Å². The third-order valence-corrected chi connectivity index (χ3v) is 2.65. The first kappa shape index (κ1) is 14.9. The van der Waals surface area contributed by atoms with Gasteiger partial charge in [-0.1, -0.05) is 0 Å². The largest absolute Gasteiger partial charge is 0.433 e. The van der Waals surface area contributed by atoms with Gasteiger partial charge in [0.15, 0.2) is 0 Å². The van der Waals surface area contributed by atoms with Crippen LogP contribution in [0.2, 0.25) is 0 Å². The van der Waals surface area contributed by atoms with Crippen LogP contribution >= 0.6 is 0 Å². The van der Waals surface area contributed by atoms with E-state index in [0.717, 1.165) is 6.07 Å². The molecule has 0 bridgehead atoms. The minimum Gasteiger partial charge on any atom is -0.343 e. The van der Waals surface area contributed by atoms with Crippen molar-refractivity contribution in [1.29, 1.82) is 0 Å². The number of aryl methyl sites for hydroxylation is 2. The van der Waals surface area contributed by atoms with Gasteiger partial charge in [0, 0.05) is 18.9 Å². The molecule has 0 aromatic carbocycles. The Hall–Kier alpha value is -2.45. The molecule has 9 heteroatoms. The van der Waals surface area contributed by atoms with Gasteiger partial charge in [-0.05, 0) is 19.1 Å². The Bertz CT molecular complexity index is 665. The molecule has 0 unspecified atom stereocenters. The molecule has 1 N–H and O–H groups in total. The predicted molar refractivity (Wildman–Crippen MR) is 66.1 cm³/mol. The van der Waals surface area contributed by atoms with E-state index in [0.29, 0.717) is 5.69 Å². The number of nitrogens with zero attached hydrogens (tertiary/aromatic N) is 4. The van der Waals surface area contributed by atoms with E-state index in [9.17, 15) is 18.0 Å². The Morgan fingerprint density at radius 2 is 2.10 bits per heavy atom. The van der Waals surface area contributed by atoms with Crippen molar-refractivity contribution in [2.24, 2.45) is 7.05 Å². The minimum absolute atomic E-state index is 0.0992. The second kappa shape index (κ2) is 5.51. The van der Waals surface area contributed by atoms with Gasteiger partial charge in [0.2, 0.25) is 0 Å². The quantitative estimate of drug-likeness (QED) is 0.931. The molecule has 0 aliphatic rings. The zero-order chi connectivity index (χ0) is 15.6. The van der Waals surface area contributed by atoms with E-state index in [1.807, 2.05) is 0 Å². The van der Waals surface area contributed by atoms with Gasteiger partial charge in [-0.15, -0.1) is 0 Å². The van der Waals surface area contributed by atoms with Crippen LogP contribution in [0.25, 0.3) is 0 Å². The van der Waals surface area contributed by atoms with Gasteiger partial charge >= 0.3 is 6.18 Å². The minimum atomic E-state index is -4.55. The van der Waals surface area contributed by atoms with Crippen LogP contribution in [0.5, 0.6) is 0 Å². The van der Waals surface area contributed by atoms with Crippen molar-refractivity contribution in [2.45, 2.75) is 19.6 Å². The summed E-state index contributed by atoms with van der Waals surface area (Å²) in [6, 6.07) is 2.35. The summed E-state index contributed by atoms with van der Waals surface area (Å²) in [5.74, 6) is -0.563. The molecule has 2 aromatic heterocycles. The lowest BCUT2D eigenvalue weighted by atomic mass is 10.3. The van der Waals surface area contributed by atoms with E-state index in [1.54, 1.807) is 7.05 Å². The highest BCUT2D eigenvalue weighted by Crippen LogP contribution is 2.27. The third kappa shape index (κ3) is 3.56. The highest BCUT2D eigenvalue weighted by Gasteiger charge is 2.33. The van der Waals surface area contributed by atoms with Crippen molar-refractivity contribution in [3.63, 3.8) is 0 Å². The number of nitrogens with one attached hydrogen (secondary N) is 1.